The maximum atomic E-state index is 12.1. The average molecular weight is 264 g/mol. The minimum atomic E-state index is -1.05. The molecule has 0 bridgehead atoms. The van der Waals surface area contributed by atoms with Crippen molar-refractivity contribution in [2.45, 2.75) is 13.0 Å². The summed E-state index contributed by atoms with van der Waals surface area (Å²) in [6.45, 7) is 2.59. The Labute approximate surface area is 111 Å². The van der Waals surface area contributed by atoms with Crippen LogP contribution in [0.5, 0.6) is 0 Å². The summed E-state index contributed by atoms with van der Waals surface area (Å²) in [4.78, 5) is 24.4. The first kappa shape index (κ1) is 13.4. The standard InChI is InChI=1S/C13H16N2O4/c1-9-4-2-3-5-10(9)14-13(18)15-6-7-19-11(8-15)12(16)17/h2-5,11H,6-8H2,1H3,(H,14,18)(H,16,17). The van der Waals surface area contributed by atoms with Crippen molar-refractivity contribution in [1.29, 1.82) is 0 Å². The molecule has 1 atom stereocenters. The van der Waals surface area contributed by atoms with Gasteiger partial charge in [-0.3, -0.25) is 0 Å². The monoisotopic (exact) mass is 264 g/mol. The van der Waals surface area contributed by atoms with Crippen molar-refractivity contribution in [3.05, 3.63) is 29.8 Å². The number of urea groups is 1. The van der Waals surface area contributed by atoms with Gasteiger partial charge in [-0.1, -0.05) is 18.2 Å². The summed E-state index contributed by atoms with van der Waals surface area (Å²) in [6, 6.07) is 7.13. The molecule has 1 unspecified atom stereocenters. The van der Waals surface area contributed by atoms with Crippen molar-refractivity contribution in [3.8, 4) is 0 Å². The number of aliphatic carboxylic acids is 1. The SMILES string of the molecule is Cc1ccccc1NC(=O)N1CCOC(C(=O)O)C1. The van der Waals surface area contributed by atoms with Crippen LogP contribution in [0.1, 0.15) is 5.56 Å². The zero-order chi connectivity index (χ0) is 13.8. The molecule has 19 heavy (non-hydrogen) atoms. The number of anilines is 1. The molecular formula is C13H16N2O4. The van der Waals surface area contributed by atoms with Crippen molar-refractivity contribution in [3.63, 3.8) is 0 Å². The second-order valence-corrected chi connectivity index (χ2v) is 4.39. The van der Waals surface area contributed by atoms with Crippen LogP contribution in [0.4, 0.5) is 10.5 Å². The molecule has 1 aliphatic heterocycles. The smallest absolute Gasteiger partial charge is 0.334 e. The summed E-state index contributed by atoms with van der Waals surface area (Å²) in [6.07, 6.45) is -0.948. The molecule has 1 aromatic carbocycles. The second kappa shape index (κ2) is 5.71. The number of carbonyl (C=O) groups excluding carboxylic acids is 1. The van der Waals surface area contributed by atoms with Gasteiger partial charge in [-0.2, -0.15) is 0 Å². The van der Waals surface area contributed by atoms with Gasteiger partial charge in [0.2, 0.25) is 0 Å². The third kappa shape index (κ3) is 3.23. The zero-order valence-electron chi connectivity index (χ0n) is 10.6. The molecule has 1 aromatic rings. The van der Waals surface area contributed by atoms with Gasteiger partial charge in [-0.15, -0.1) is 0 Å². The second-order valence-electron chi connectivity index (χ2n) is 4.39. The Balaban J connectivity index is 2.00. The average Bonchev–Trinajstić information content (AvgIpc) is 2.41. The number of nitrogens with zero attached hydrogens (tertiary/aromatic N) is 1. The highest BCUT2D eigenvalue weighted by molar-refractivity contribution is 5.90. The summed E-state index contributed by atoms with van der Waals surface area (Å²) in [5, 5.41) is 11.7. The molecule has 1 saturated heterocycles. The lowest BCUT2D eigenvalue weighted by Gasteiger charge is -2.31. The lowest BCUT2D eigenvalue weighted by molar-refractivity contribution is -0.154. The summed E-state index contributed by atoms with van der Waals surface area (Å²) in [5.74, 6) is -1.05. The minimum Gasteiger partial charge on any atom is -0.479 e. The van der Waals surface area contributed by atoms with E-state index in [-0.39, 0.29) is 19.2 Å². The van der Waals surface area contributed by atoms with E-state index in [2.05, 4.69) is 5.32 Å². The molecule has 0 radical (unpaired) electrons. The number of carboxylic acid groups (broad SMARTS) is 1. The predicted octanol–water partition coefficient (Wildman–Crippen LogP) is 1.31. The molecule has 0 spiro atoms. The van der Waals surface area contributed by atoms with Gasteiger partial charge in [0, 0.05) is 12.2 Å². The van der Waals surface area contributed by atoms with Gasteiger partial charge in [-0.25, -0.2) is 9.59 Å². The van der Waals surface area contributed by atoms with E-state index in [0.717, 1.165) is 11.3 Å². The fourth-order valence-electron chi connectivity index (χ4n) is 1.89. The normalized spacial score (nSPS) is 19.0. The first-order valence-electron chi connectivity index (χ1n) is 6.04. The predicted molar refractivity (Wildman–Crippen MR) is 69.1 cm³/mol. The number of aryl methyl sites for hydroxylation is 1. The van der Waals surface area contributed by atoms with Crippen molar-refractivity contribution < 1.29 is 19.4 Å². The molecule has 102 valence electrons. The molecule has 0 saturated carbocycles. The number of carbonyl (C=O) groups is 2. The third-order valence-electron chi connectivity index (χ3n) is 3.02. The minimum absolute atomic E-state index is 0.0625. The van der Waals surface area contributed by atoms with Crippen LogP contribution in [0.25, 0.3) is 0 Å². The Morgan fingerprint density at radius 2 is 2.16 bits per heavy atom. The molecule has 2 amide bonds. The Morgan fingerprint density at radius 3 is 2.84 bits per heavy atom. The topological polar surface area (TPSA) is 78.9 Å². The van der Waals surface area contributed by atoms with Gasteiger partial charge < -0.3 is 20.1 Å². The molecule has 1 aliphatic rings. The number of hydrogen-bond donors (Lipinski definition) is 2. The van der Waals surface area contributed by atoms with Gasteiger partial charge in [-0.05, 0) is 18.6 Å². The van der Waals surface area contributed by atoms with E-state index in [1.807, 2.05) is 31.2 Å². The number of amides is 2. The van der Waals surface area contributed by atoms with Crippen LogP contribution in [0.3, 0.4) is 0 Å². The zero-order valence-corrected chi connectivity index (χ0v) is 10.6. The van der Waals surface area contributed by atoms with Crippen molar-refractivity contribution in [2.24, 2.45) is 0 Å². The third-order valence-corrected chi connectivity index (χ3v) is 3.02. The highest BCUT2D eigenvalue weighted by atomic mass is 16.5. The quantitative estimate of drug-likeness (QED) is 0.844. The van der Waals surface area contributed by atoms with E-state index in [1.54, 1.807) is 0 Å². The first-order chi connectivity index (χ1) is 9.08. The molecule has 6 nitrogen and oxygen atoms in total. The van der Waals surface area contributed by atoms with Crippen LogP contribution < -0.4 is 5.32 Å². The van der Waals surface area contributed by atoms with E-state index in [4.69, 9.17) is 9.84 Å². The fraction of sp³-hybridized carbons (Fsp3) is 0.385. The molecule has 2 N–H and O–H groups in total. The van der Waals surface area contributed by atoms with Crippen molar-refractivity contribution >= 4 is 17.7 Å². The van der Waals surface area contributed by atoms with Crippen LogP contribution in [-0.4, -0.2) is 47.8 Å². The number of hydrogen-bond acceptors (Lipinski definition) is 3. The largest absolute Gasteiger partial charge is 0.479 e. The number of carboxylic acids is 1. The number of para-hydroxylation sites is 1. The summed E-state index contributed by atoms with van der Waals surface area (Å²) in [7, 11) is 0. The van der Waals surface area contributed by atoms with E-state index >= 15 is 0 Å². The number of rotatable bonds is 2. The molecule has 2 rings (SSSR count). The van der Waals surface area contributed by atoms with Crippen molar-refractivity contribution in [1.82, 2.24) is 4.90 Å². The number of ether oxygens (including phenoxy) is 1. The van der Waals surface area contributed by atoms with Crippen molar-refractivity contribution in [2.75, 3.05) is 25.0 Å². The lowest BCUT2D eigenvalue weighted by atomic mass is 10.2. The van der Waals surface area contributed by atoms with Gasteiger partial charge in [0.25, 0.3) is 0 Å². The lowest BCUT2D eigenvalue weighted by Crippen LogP contribution is -2.49. The highest BCUT2D eigenvalue weighted by Gasteiger charge is 2.29. The van der Waals surface area contributed by atoms with Crippen LogP contribution in [0.2, 0.25) is 0 Å². The van der Waals surface area contributed by atoms with Crippen LogP contribution in [0.15, 0.2) is 24.3 Å². The van der Waals surface area contributed by atoms with Gasteiger partial charge in [0.15, 0.2) is 6.10 Å². The van der Waals surface area contributed by atoms with Gasteiger partial charge in [0.1, 0.15) is 0 Å². The Bertz CT molecular complexity index is 489. The molecule has 0 aliphatic carbocycles. The summed E-state index contributed by atoms with van der Waals surface area (Å²) < 4.78 is 5.07. The van der Waals surface area contributed by atoms with Crippen LogP contribution in [0, 0.1) is 6.92 Å². The first-order valence-corrected chi connectivity index (χ1v) is 6.04. The Hall–Kier alpha value is -2.08. The van der Waals surface area contributed by atoms with E-state index < -0.39 is 12.1 Å². The van der Waals surface area contributed by atoms with Gasteiger partial charge in [0.05, 0.1) is 13.2 Å². The maximum absolute atomic E-state index is 12.1. The number of nitrogens with one attached hydrogen (secondary N) is 1. The maximum Gasteiger partial charge on any atom is 0.334 e. The van der Waals surface area contributed by atoms with E-state index in [9.17, 15) is 9.59 Å². The number of benzene rings is 1. The van der Waals surface area contributed by atoms with Crippen LogP contribution in [-0.2, 0) is 9.53 Å². The molecular weight excluding hydrogens is 248 g/mol. The van der Waals surface area contributed by atoms with E-state index in [1.165, 1.54) is 4.90 Å². The number of morpholine rings is 1. The summed E-state index contributed by atoms with van der Waals surface area (Å²) >= 11 is 0. The summed E-state index contributed by atoms with van der Waals surface area (Å²) in [5.41, 5.74) is 1.68. The Kier molecular flexibility index (Phi) is 4.01. The highest BCUT2D eigenvalue weighted by Crippen LogP contribution is 2.15. The Morgan fingerprint density at radius 1 is 1.42 bits per heavy atom. The molecule has 1 heterocycles. The molecule has 0 aromatic heterocycles. The molecule has 1 fully saturated rings. The molecule has 6 heteroatoms. The van der Waals surface area contributed by atoms with Gasteiger partial charge >= 0.3 is 12.0 Å². The van der Waals surface area contributed by atoms with E-state index in [0.29, 0.717) is 6.54 Å². The van der Waals surface area contributed by atoms with Crippen LogP contribution >= 0.6 is 0 Å². The fourth-order valence-corrected chi connectivity index (χ4v) is 1.89.